The van der Waals surface area contributed by atoms with E-state index in [9.17, 15) is 5.11 Å². The van der Waals surface area contributed by atoms with Crippen molar-refractivity contribution >= 4 is 0 Å². The predicted molar refractivity (Wildman–Crippen MR) is 53.6 cm³/mol. The molecule has 0 aromatic heterocycles. The quantitative estimate of drug-likeness (QED) is 0.701. The number of nitrogens with zero attached hydrogens (tertiary/aromatic N) is 1. The predicted octanol–water partition coefficient (Wildman–Crippen LogP) is 1.49. The standard InChI is InChI=1S/C11H21NO/c1-11(2,13)8-12-6-9-4-3-5-10(9)7-12/h9-10,13H,3-8H2,1-2H3/t9-,10+. The average molecular weight is 183 g/mol. The molecule has 2 fully saturated rings. The van der Waals surface area contributed by atoms with Gasteiger partial charge in [0.05, 0.1) is 5.60 Å². The molecule has 1 N–H and O–H groups in total. The van der Waals surface area contributed by atoms with Gasteiger partial charge >= 0.3 is 0 Å². The van der Waals surface area contributed by atoms with E-state index in [0.29, 0.717) is 0 Å². The molecule has 1 saturated heterocycles. The van der Waals surface area contributed by atoms with E-state index >= 15 is 0 Å². The molecule has 0 spiro atoms. The first-order chi connectivity index (χ1) is 6.04. The number of likely N-dealkylation sites (tertiary alicyclic amines) is 1. The summed E-state index contributed by atoms with van der Waals surface area (Å²) in [5, 5.41) is 9.70. The van der Waals surface area contributed by atoms with E-state index in [-0.39, 0.29) is 0 Å². The van der Waals surface area contributed by atoms with Gasteiger partial charge in [-0.1, -0.05) is 6.42 Å². The Kier molecular flexibility index (Phi) is 2.37. The molecule has 2 nitrogen and oxygen atoms in total. The van der Waals surface area contributed by atoms with Crippen LogP contribution in [0.5, 0.6) is 0 Å². The molecule has 0 aromatic carbocycles. The summed E-state index contributed by atoms with van der Waals surface area (Å²) in [7, 11) is 0. The molecule has 0 unspecified atom stereocenters. The number of hydrogen-bond donors (Lipinski definition) is 1. The highest BCUT2D eigenvalue weighted by atomic mass is 16.3. The van der Waals surface area contributed by atoms with Crippen LogP contribution in [0.15, 0.2) is 0 Å². The third-order valence-electron chi connectivity index (χ3n) is 3.41. The van der Waals surface area contributed by atoms with Crippen LogP contribution in [0.3, 0.4) is 0 Å². The summed E-state index contributed by atoms with van der Waals surface area (Å²) in [5.41, 5.74) is -0.515. The van der Waals surface area contributed by atoms with Crippen molar-refractivity contribution in [1.29, 1.82) is 0 Å². The fourth-order valence-electron chi connectivity index (χ4n) is 3.01. The maximum Gasteiger partial charge on any atom is 0.0718 e. The molecule has 13 heavy (non-hydrogen) atoms. The van der Waals surface area contributed by atoms with Gasteiger partial charge in [0, 0.05) is 19.6 Å². The number of β-amino-alcohol motifs (C(OH)–C–C–N with tert-alkyl or cyclic N) is 1. The SMILES string of the molecule is CC(C)(O)CN1C[C@H]2CCC[C@H]2C1. The zero-order valence-corrected chi connectivity index (χ0v) is 8.79. The minimum atomic E-state index is -0.515. The molecule has 1 aliphatic carbocycles. The second-order valence-electron chi connectivity index (χ2n) is 5.46. The van der Waals surface area contributed by atoms with Gasteiger partial charge in [0.25, 0.3) is 0 Å². The Labute approximate surface area is 80.9 Å². The van der Waals surface area contributed by atoms with Crippen molar-refractivity contribution in [2.45, 2.75) is 38.7 Å². The molecule has 2 heteroatoms. The molecule has 0 amide bonds. The monoisotopic (exact) mass is 183 g/mol. The van der Waals surface area contributed by atoms with Crippen molar-refractivity contribution in [2.24, 2.45) is 11.8 Å². The molecule has 2 aliphatic rings. The summed E-state index contributed by atoms with van der Waals surface area (Å²) in [6, 6.07) is 0. The van der Waals surface area contributed by atoms with Gasteiger partial charge in [0.2, 0.25) is 0 Å². The van der Waals surface area contributed by atoms with Gasteiger partial charge in [0.15, 0.2) is 0 Å². The van der Waals surface area contributed by atoms with Gasteiger partial charge in [-0.05, 0) is 38.5 Å². The first-order valence-corrected chi connectivity index (χ1v) is 5.49. The fourth-order valence-corrected chi connectivity index (χ4v) is 3.01. The second kappa shape index (κ2) is 3.25. The number of aliphatic hydroxyl groups is 1. The second-order valence-corrected chi connectivity index (χ2v) is 5.46. The van der Waals surface area contributed by atoms with Crippen LogP contribution in [0.1, 0.15) is 33.1 Å². The van der Waals surface area contributed by atoms with Crippen LogP contribution in [0, 0.1) is 11.8 Å². The first-order valence-electron chi connectivity index (χ1n) is 5.49. The van der Waals surface area contributed by atoms with Crippen LogP contribution in [0.2, 0.25) is 0 Å². The van der Waals surface area contributed by atoms with E-state index in [4.69, 9.17) is 0 Å². The third kappa shape index (κ3) is 2.23. The van der Waals surface area contributed by atoms with Crippen molar-refractivity contribution in [1.82, 2.24) is 4.90 Å². The molecule has 0 radical (unpaired) electrons. The topological polar surface area (TPSA) is 23.5 Å². The van der Waals surface area contributed by atoms with E-state index in [1.54, 1.807) is 0 Å². The molecular formula is C11H21NO. The zero-order valence-electron chi connectivity index (χ0n) is 8.79. The van der Waals surface area contributed by atoms with E-state index in [2.05, 4.69) is 4.90 Å². The lowest BCUT2D eigenvalue weighted by atomic mass is 10.0. The van der Waals surface area contributed by atoms with E-state index in [0.717, 1.165) is 18.4 Å². The average Bonchev–Trinajstić information content (AvgIpc) is 2.40. The maximum atomic E-state index is 9.70. The van der Waals surface area contributed by atoms with Crippen LogP contribution in [0.25, 0.3) is 0 Å². The minimum Gasteiger partial charge on any atom is -0.389 e. The van der Waals surface area contributed by atoms with Crippen molar-refractivity contribution in [2.75, 3.05) is 19.6 Å². The number of rotatable bonds is 2. The Bertz CT molecular complexity index is 173. The normalized spacial score (nSPS) is 35.3. The molecule has 1 heterocycles. The minimum absolute atomic E-state index is 0.515. The highest BCUT2D eigenvalue weighted by Crippen LogP contribution is 2.37. The first kappa shape index (κ1) is 9.47. The van der Waals surface area contributed by atoms with Crippen molar-refractivity contribution < 1.29 is 5.11 Å². The Balaban J connectivity index is 1.85. The van der Waals surface area contributed by atoms with Gasteiger partial charge in [-0.15, -0.1) is 0 Å². The Morgan fingerprint density at radius 1 is 1.23 bits per heavy atom. The van der Waals surface area contributed by atoms with Crippen LogP contribution in [0.4, 0.5) is 0 Å². The maximum absolute atomic E-state index is 9.70. The summed E-state index contributed by atoms with van der Waals surface area (Å²) >= 11 is 0. The summed E-state index contributed by atoms with van der Waals surface area (Å²) in [6.45, 7) is 7.12. The lowest BCUT2D eigenvalue weighted by molar-refractivity contribution is 0.0415. The van der Waals surface area contributed by atoms with E-state index < -0.39 is 5.60 Å². The van der Waals surface area contributed by atoms with Crippen molar-refractivity contribution in [3.63, 3.8) is 0 Å². The van der Waals surface area contributed by atoms with Crippen LogP contribution in [-0.4, -0.2) is 35.2 Å². The van der Waals surface area contributed by atoms with Gasteiger partial charge in [-0.2, -0.15) is 0 Å². The van der Waals surface area contributed by atoms with Gasteiger partial charge in [-0.25, -0.2) is 0 Å². The number of hydrogen-bond acceptors (Lipinski definition) is 2. The lowest BCUT2D eigenvalue weighted by Crippen LogP contribution is -2.37. The summed E-state index contributed by atoms with van der Waals surface area (Å²) in [4.78, 5) is 2.44. The summed E-state index contributed by atoms with van der Waals surface area (Å²) in [6.07, 6.45) is 4.28. The molecule has 1 saturated carbocycles. The van der Waals surface area contributed by atoms with E-state index in [1.807, 2.05) is 13.8 Å². The molecular weight excluding hydrogens is 162 g/mol. The van der Waals surface area contributed by atoms with Crippen molar-refractivity contribution in [3.8, 4) is 0 Å². The molecule has 76 valence electrons. The third-order valence-corrected chi connectivity index (χ3v) is 3.41. The zero-order chi connectivity index (χ0) is 9.47. The number of fused-ring (bicyclic) bond motifs is 1. The van der Waals surface area contributed by atoms with Gasteiger partial charge in [0.1, 0.15) is 0 Å². The Morgan fingerprint density at radius 2 is 1.77 bits per heavy atom. The lowest BCUT2D eigenvalue weighted by Gasteiger charge is -2.25. The summed E-state index contributed by atoms with van der Waals surface area (Å²) < 4.78 is 0. The summed E-state index contributed by atoms with van der Waals surface area (Å²) in [5.74, 6) is 1.89. The fraction of sp³-hybridized carbons (Fsp3) is 1.00. The largest absolute Gasteiger partial charge is 0.389 e. The Morgan fingerprint density at radius 3 is 2.23 bits per heavy atom. The molecule has 2 atom stereocenters. The highest BCUT2D eigenvalue weighted by Gasteiger charge is 2.37. The van der Waals surface area contributed by atoms with Crippen LogP contribution in [-0.2, 0) is 0 Å². The smallest absolute Gasteiger partial charge is 0.0718 e. The van der Waals surface area contributed by atoms with Gasteiger partial charge < -0.3 is 5.11 Å². The van der Waals surface area contributed by atoms with Crippen molar-refractivity contribution in [3.05, 3.63) is 0 Å². The Hall–Kier alpha value is -0.0800. The molecule has 1 aliphatic heterocycles. The van der Waals surface area contributed by atoms with Crippen LogP contribution >= 0.6 is 0 Å². The molecule has 0 aromatic rings. The van der Waals surface area contributed by atoms with Crippen LogP contribution < -0.4 is 0 Å². The molecule has 2 rings (SSSR count). The molecule has 0 bridgehead atoms. The highest BCUT2D eigenvalue weighted by molar-refractivity contribution is 4.90. The van der Waals surface area contributed by atoms with Gasteiger partial charge in [-0.3, -0.25) is 4.90 Å². The van der Waals surface area contributed by atoms with E-state index in [1.165, 1.54) is 32.4 Å².